The summed E-state index contributed by atoms with van der Waals surface area (Å²) in [5, 5.41) is 2.89. The summed E-state index contributed by atoms with van der Waals surface area (Å²) in [6.45, 7) is 3.78. The van der Waals surface area contributed by atoms with Crippen LogP contribution in [0.4, 0.5) is 10.5 Å². The van der Waals surface area contributed by atoms with Crippen LogP contribution in [0, 0.1) is 0 Å². The molecule has 3 aliphatic heterocycles. The molecule has 3 saturated heterocycles. The Kier molecular flexibility index (Phi) is 6.05. The van der Waals surface area contributed by atoms with E-state index in [4.69, 9.17) is 9.47 Å². The van der Waals surface area contributed by atoms with Crippen molar-refractivity contribution in [3.63, 3.8) is 0 Å². The lowest BCUT2D eigenvalue weighted by molar-refractivity contribution is -0.0163. The number of carbonyl (C=O) groups is 2. The van der Waals surface area contributed by atoms with Crippen LogP contribution in [0.5, 0.6) is 0 Å². The van der Waals surface area contributed by atoms with Crippen molar-refractivity contribution in [2.24, 2.45) is 0 Å². The summed E-state index contributed by atoms with van der Waals surface area (Å²) in [6, 6.07) is 10.7. The van der Waals surface area contributed by atoms with Gasteiger partial charge in [0.2, 0.25) is 0 Å². The third-order valence-corrected chi connectivity index (χ3v) is 6.46. The maximum atomic E-state index is 12.5. The quantitative estimate of drug-likeness (QED) is 0.726. The Hall–Kier alpha value is -2.97. The maximum Gasteiger partial charge on any atom is 0.338 e. The number of pyridine rings is 1. The molecule has 8 nitrogen and oxygen atoms in total. The molecule has 4 heterocycles. The Bertz CT molecular complexity index is 940. The number of esters is 1. The van der Waals surface area contributed by atoms with E-state index in [-0.39, 0.29) is 24.3 Å². The fourth-order valence-corrected chi connectivity index (χ4v) is 4.54. The average molecular weight is 437 g/mol. The molecular weight excluding hydrogens is 408 g/mol. The molecule has 1 aromatic heterocycles. The van der Waals surface area contributed by atoms with Gasteiger partial charge in [-0.2, -0.15) is 0 Å². The Morgan fingerprint density at radius 3 is 2.66 bits per heavy atom. The second kappa shape index (κ2) is 9.26. The standard InChI is InChI=1S/C24H28N4O4/c29-23(32-21-9-11-27(16-21)22-4-2-12-31-22)17-5-7-20(8-6-17)26-24(30)28-14-19(15-28)18-3-1-10-25-13-18/h1,3,5-8,10,13,19,21-22H,2,4,9,11-12,14-16H2,(H,26,30)/t21-,22+/m1/s1. The van der Waals surface area contributed by atoms with Crippen LogP contribution in [0.2, 0.25) is 0 Å². The van der Waals surface area contributed by atoms with Gasteiger partial charge in [0.25, 0.3) is 0 Å². The van der Waals surface area contributed by atoms with Gasteiger partial charge in [-0.05, 0) is 55.2 Å². The first-order chi connectivity index (χ1) is 15.7. The van der Waals surface area contributed by atoms with Gasteiger partial charge in [-0.15, -0.1) is 0 Å². The first kappa shape index (κ1) is 20.9. The molecule has 5 rings (SSSR count). The molecule has 0 bridgehead atoms. The molecule has 0 spiro atoms. The summed E-state index contributed by atoms with van der Waals surface area (Å²) >= 11 is 0. The van der Waals surface area contributed by atoms with E-state index < -0.39 is 0 Å². The Labute approximate surface area is 187 Å². The summed E-state index contributed by atoms with van der Waals surface area (Å²) in [5.41, 5.74) is 2.29. The van der Waals surface area contributed by atoms with E-state index in [2.05, 4.69) is 15.2 Å². The molecule has 0 unspecified atom stereocenters. The zero-order valence-corrected chi connectivity index (χ0v) is 18.0. The minimum Gasteiger partial charge on any atom is -0.457 e. The molecule has 0 radical (unpaired) electrons. The molecule has 0 aliphatic carbocycles. The average Bonchev–Trinajstić information content (AvgIpc) is 3.46. The molecule has 8 heteroatoms. The number of aromatic nitrogens is 1. The highest BCUT2D eigenvalue weighted by atomic mass is 16.5. The lowest BCUT2D eigenvalue weighted by atomic mass is 9.93. The van der Waals surface area contributed by atoms with Gasteiger partial charge in [-0.1, -0.05) is 6.07 Å². The van der Waals surface area contributed by atoms with Crippen molar-refractivity contribution < 1.29 is 19.1 Å². The zero-order chi connectivity index (χ0) is 21.9. The molecule has 2 aromatic rings. The van der Waals surface area contributed by atoms with Crippen LogP contribution in [0.15, 0.2) is 48.8 Å². The largest absolute Gasteiger partial charge is 0.457 e. The second-order valence-electron chi connectivity index (χ2n) is 8.67. The lowest BCUT2D eigenvalue weighted by Gasteiger charge is -2.39. The fourth-order valence-electron chi connectivity index (χ4n) is 4.54. The van der Waals surface area contributed by atoms with Crippen LogP contribution >= 0.6 is 0 Å². The predicted octanol–water partition coefficient (Wildman–Crippen LogP) is 3.08. The smallest absolute Gasteiger partial charge is 0.338 e. The molecular formula is C24H28N4O4. The van der Waals surface area contributed by atoms with Crippen molar-refractivity contribution in [2.75, 3.05) is 38.1 Å². The number of nitrogens with one attached hydrogen (secondary N) is 1. The molecule has 2 atom stereocenters. The highest BCUT2D eigenvalue weighted by Gasteiger charge is 2.33. The normalized spacial score (nSPS) is 23.7. The summed E-state index contributed by atoms with van der Waals surface area (Å²) in [6.07, 6.45) is 6.64. The van der Waals surface area contributed by atoms with Gasteiger partial charge in [-0.3, -0.25) is 9.88 Å². The van der Waals surface area contributed by atoms with Gasteiger partial charge in [0.15, 0.2) is 0 Å². The van der Waals surface area contributed by atoms with E-state index in [0.717, 1.165) is 44.5 Å². The second-order valence-corrected chi connectivity index (χ2v) is 8.67. The number of anilines is 1. The lowest BCUT2D eigenvalue weighted by Crippen LogP contribution is -2.50. The predicted molar refractivity (Wildman–Crippen MR) is 118 cm³/mol. The minimum atomic E-state index is -0.330. The summed E-state index contributed by atoms with van der Waals surface area (Å²) in [4.78, 5) is 33.1. The van der Waals surface area contributed by atoms with Crippen molar-refractivity contribution >= 4 is 17.7 Å². The third kappa shape index (κ3) is 4.61. The number of amides is 2. The van der Waals surface area contributed by atoms with E-state index in [1.807, 2.05) is 18.3 Å². The van der Waals surface area contributed by atoms with Crippen LogP contribution in [-0.4, -0.2) is 71.9 Å². The van der Waals surface area contributed by atoms with Crippen LogP contribution in [-0.2, 0) is 9.47 Å². The van der Waals surface area contributed by atoms with Crippen LogP contribution in [0.25, 0.3) is 0 Å². The Balaban J connectivity index is 1.08. The molecule has 3 aliphatic rings. The van der Waals surface area contributed by atoms with E-state index in [1.165, 1.54) is 0 Å². The number of ether oxygens (including phenoxy) is 2. The van der Waals surface area contributed by atoms with Crippen molar-refractivity contribution in [2.45, 2.75) is 37.5 Å². The Morgan fingerprint density at radius 1 is 1.09 bits per heavy atom. The molecule has 0 saturated carbocycles. The van der Waals surface area contributed by atoms with Crippen LogP contribution in [0.1, 0.15) is 41.1 Å². The number of likely N-dealkylation sites (tertiary alicyclic amines) is 2. The number of benzene rings is 1. The first-order valence-corrected chi connectivity index (χ1v) is 11.3. The van der Waals surface area contributed by atoms with Gasteiger partial charge >= 0.3 is 12.0 Å². The van der Waals surface area contributed by atoms with Gasteiger partial charge < -0.3 is 19.7 Å². The number of hydrogen-bond acceptors (Lipinski definition) is 6. The number of nitrogens with zero attached hydrogens (tertiary/aromatic N) is 3. The summed E-state index contributed by atoms with van der Waals surface area (Å²) in [7, 11) is 0. The number of urea groups is 1. The third-order valence-electron chi connectivity index (χ3n) is 6.46. The number of carbonyl (C=O) groups excluding carboxylic acids is 2. The van der Waals surface area contributed by atoms with E-state index in [1.54, 1.807) is 35.4 Å². The maximum absolute atomic E-state index is 12.5. The van der Waals surface area contributed by atoms with Crippen molar-refractivity contribution in [1.82, 2.24) is 14.8 Å². The van der Waals surface area contributed by atoms with Crippen LogP contribution < -0.4 is 5.32 Å². The molecule has 3 fully saturated rings. The molecule has 1 N–H and O–H groups in total. The minimum absolute atomic E-state index is 0.106. The summed E-state index contributed by atoms with van der Waals surface area (Å²) in [5.74, 6) is 0.00228. The Morgan fingerprint density at radius 2 is 1.94 bits per heavy atom. The van der Waals surface area contributed by atoms with Crippen molar-refractivity contribution in [3.8, 4) is 0 Å². The van der Waals surface area contributed by atoms with Gasteiger partial charge in [0, 0.05) is 56.8 Å². The number of hydrogen-bond donors (Lipinski definition) is 1. The highest BCUT2D eigenvalue weighted by Crippen LogP contribution is 2.27. The van der Waals surface area contributed by atoms with E-state index in [9.17, 15) is 9.59 Å². The monoisotopic (exact) mass is 436 g/mol. The highest BCUT2D eigenvalue weighted by molar-refractivity contribution is 5.92. The van der Waals surface area contributed by atoms with Gasteiger partial charge in [-0.25, -0.2) is 9.59 Å². The zero-order valence-electron chi connectivity index (χ0n) is 18.0. The molecule has 32 heavy (non-hydrogen) atoms. The SMILES string of the molecule is O=C(O[C@@H]1CCN([C@@H]2CCCO2)C1)c1ccc(NC(=O)N2CC(c3cccnc3)C2)cc1. The molecule has 168 valence electrons. The van der Waals surface area contributed by atoms with E-state index >= 15 is 0 Å². The van der Waals surface area contributed by atoms with E-state index in [0.29, 0.717) is 30.3 Å². The van der Waals surface area contributed by atoms with Crippen LogP contribution in [0.3, 0.4) is 0 Å². The molecule has 2 amide bonds. The van der Waals surface area contributed by atoms with Crippen molar-refractivity contribution in [3.05, 3.63) is 59.9 Å². The summed E-state index contributed by atoms with van der Waals surface area (Å²) < 4.78 is 11.4. The number of rotatable bonds is 5. The fraction of sp³-hybridized carbons (Fsp3) is 0.458. The topological polar surface area (TPSA) is 84.0 Å². The van der Waals surface area contributed by atoms with Crippen molar-refractivity contribution in [1.29, 1.82) is 0 Å². The first-order valence-electron chi connectivity index (χ1n) is 11.3. The van der Waals surface area contributed by atoms with Gasteiger partial charge in [0.05, 0.1) is 5.56 Å². The van der Waals surface area contributed by atoms with Gasteiger partial charge in [0.1, 0.15) is 12.3 Å². The molecule has 1 aromatic carbocycles.